The number of fused-ring (bicyclic) bond motifs is 3. The second-order valence-corrected chi connectivity index (χ2v) is 10.4. The van der Waals surface area contributed by atoms with Crippen molar-refractivity contribution in [3.63, 3.8) is 0 Å². The molecule has 0 amide bonds. The van der Waals surface area contributed by atoms with Gasteiger partial charge in [-0.3, -0.25) is 0 Å². The van der Waals surface area contributed by atoms with Gasteiger partial charge in [-0.15, -0.1) is 0 Å². The predicted molar refractivity (Wildman–Crippen MR) is 177 cm³/mol. The second-order valence-electron chi connectivity index (χ2n) is 10.4. The van der Waals surface area contributed by atoms with E-state index in [-0.39, 0.29) is 58.1 Å². The van der Waals surface area contributed by atoms with Crippen LogP contribution in [0.4, 0.5) is 0 Å². The topological polar surface area (TPSA) is 147 Å². The molecule has 0 aliphatic rings. The van der Waals surface area contributed by atoms with Gasteiger partial charge in [-0.2, -0.15) is 0 Å². The molecule has 0 saturated heterocycles. The number of rotatable bonds is 3. The zero-order valence-corrected chi connectivity index (χ0v) is 28.9. The van der Waals surface area contributed by atoms with E-state index < -0.39 is 0 Å². The van der Waals surface area contributed by atoms with Gasteiger partial charge in [0.25, 0.3) is 0 Å². The summed E-state index contributed by atoms with van der Waals surface area (Å²) in [5.41, 5.74) is 5.88. The fourth-order valence-corrected chi connectivity index (χ4v) is 4.89. The molecular formula is C39H24N3NdO6. The molecule has 235 valence electrons. The SMILES string of the molecule is [Nd+3].[O-]c1ccccc1-c1nc2ccccc2o1.[O-]c1ccccc1-c1nc2ccccc2o1.[O-]c1ccccc1-c1nc2ccccc2o1. The van der Waals surface area contributed by atoms with Crippen LogP contribution in [0, 0.1) is 40.8 Å². The van der Waals surface area contributed by atoms with Crippen molar-refractivity contribution in [1.29, 1.82) is 0 Å². The van der Waals surface area contributed by atoms with Gasteiger partial charge in [0.1, 0.15) is 16.6 Å². The van der Waals surface area contributed by atoms with Crippen molar-refractivity contribution in [1.82, 2.24) is 15.0 Å². The van der Waals surface area contributed by atoms with Crippen molar-refractivity contribution in [3.8, 4) is 51.6 Å². The molecule has 1 radical (unpaired) electrons. The standard InChI is InChI=1S/3C13H9NO2.Nd/c3*15-11-7-3-1-5-9(11)13-14-10-6-2-4-8-12(10)16-13;/h3*1-8,15H;/q;;;+3/p-3. The van der Waals surface area contributed by atoms with Crippen molar-refractivity contribution >= 4 is 33.3 Å². The maximum atomic E-state index is 11.6. The normalized spacial score (nSPS) is 10.5. The van der Waals surface area contributed by atoms with Gasteiger partial charge < -0.3 is 28.6 Å². The maximum absolute atomic E-state index is 11.6. The van der Waals surface area contributed by atoms with Crippen molar-refractivity contribution in [2.24, 2.45) is 0 Å². The first-order chi connectivity index (χ1) is 23.5. The zero-order chi connectivity index (χ0) is 32.9. The number of nitrogens with zero attached hydrogens (tertiary/aromatic N) is 3. The second kappa shape index (κ2) is 15.1. The molecule has 0 unspecified atom stereocenters. The van der Waals surface area contributed by atoms with Crippen LogP contribution in [0.15, 0.2) is 159 Å². The summed E-state index contributed by atoms with van der Waals surface area (Å²) in [4.78, 5) is 12.8. The number of benzene rings is 6. The number of para-hydroxylation sites is 9. The van der Waals surface area contributed by atoms with Crippen LogP contribution in [0.1, 0.15) is 0 Å². The van der Waals surface area contributed by atoms with E-state index in [1.807, 2.05) is 72.8 Å². The van der Waals surface area contributed by atoms with E-state index in [1.54, 1.807) is 54.6 Å². The van der Waals surface area contributed by atoms with Gasteiger partial charge in [0.2, 0.25) is 17.7 Å². The van der Waals surface area contributed by atoms with Gasteiger partial charge in [-0.25, -0.2) is 15.0 Å². The molecular weight excluding hydrogens is 751 g/mol. The Balaban J connectivity index is 0.000000126. The van der Waals surface area contributed by atoms with Gasteiger partial charge in [0.15, 0.2) is 16.7 Å². The Bertz CT molecular complexity index is 2110. The minimum absolute atomic E-state index is 0. The van der Waals surface area contributed by atoms with Crippen LogP contribution in [0.3, 0.4) is 0 Å². The number of aromatic nitrogens is 3. The monoisotopic (exact) mass is 772 g/mol. The predicted octanol–water partition coefficient (Wildman–Crippen LogP) is 7.71. The largest absolute Gasteiger partial charge is 3.00 e. The molecule has 0 atom stereocenters. The number of oxazole rings is 3. The Morgan fingerprint density at radius 3 is 0.837 bits per heavy atom. The van der Waals surface area contributed by atoms with E-state index in [1.165, 1.54) is 18.2 Å². The molecule has 0 aliphatic heterocycles. The molecule has 10 heteroatoms. The molecule has 0 N–H and O–H groups in total. The van der Waals surface area contributed by atoms with E-state index >= 15 is 0 Å². The van der Waals surface area contributed by atoms with Crippen molar-refractivity contribution in [2.45, 2.75) is 0 Å². The van der Waals surface area contributed by atoms with Crippen molar-refractivity contribution < 1.29 is 69.4 Å². The van der Waals surface area contributed by atoms with Gasteiger partial charge in [-0.05, 0) is 36.4 Å². The van der Waals surface area contributed by atoms with Crippen LogP contribution in [0.5, 0.6) is 17.2 Å². The summed E-state index contributed by atoms with van der Waals surface area (Å²) in [6.45, 7) is 0. The van der Waals surface area contributed by atoms with Crippen LogP contribution in [-0.2, 0) is 0 Å². The van der Waals surface area contributed by atoms with Crippen molar-refractivity contribution in [3.05, 3.63) is 146 Å². The summed E-state index contributed by atoms with van der Waals surface area (Å²) in [6, 6.07) is 42.5. The summed E-state index contributed by atoms with van der Waals surface area (Å²) in [5.74, 6) is 0.919. The van der Waals surface area contributed by atoms with Crippen LogP contribution in [-0.4, -0.2) is 15.0 Å². The van der Waals surface area contributed by atoms with Crippen molar-refractivity contribution in [2.75, 3.05) is 0 Å². The van der Waals surface area contributed by atoms with E-state index in [2.05, 4.69) is 15.0 Å². The number of hydrogen-bond acceptors (Lipinski definition) is 9. The molecule has 0 aliphatic carbocycles. The molecule has 0 spiro atoms. The average Bonchev–Trinajstić information content (AvgIpc) is 3.86. The van der Waals surface area contributed by atoms with Gasteiger partial charge in [0, 0.05) is 16.7 Å². The quantitative estimate of drug-likeness (QED) is 0.176. The third-order valence-corrected chi connectivity index (χ3v) is 7.23. The molecule has 6 aromatic carbocycles. The first-order valence-corrected chi connectivity index (χ1v) is 14.9. The Labute approximate surface area is 312 Å². The average molecular weight is 775 g/mol. The first kappa shape index (κ1) is 33.4. The fourth-order valence-electron chi connectivity index (χ4n) is 4.89. The summed E-state index contributed by atoms with van der Waals surface area (Å²) in [5, 5.41) is 34.8. The summed E-state index contributed by atoms with van der Waals surface area (Å²) in [6.07, 6.45) is 0. The molecule has 0 fully saturated rings. The van der Waals surface area contributed by atoms with Crippen LogP contribution >= 0.6 is 0 Å². The molecule has 3 heterocycles. The van der Waals surface area contributed by atoms with Crippen LogP contribution < -0.4 is 15.3 Å². The van der Waals surface area contributed by atoms with E-state index in [4.69, 9.17) is 13.3 Å². The molecule has 9 rings (SSSR count). The molecule has 3 aromatic heterocycles. The Kier molecular flexibility index (Phi) is 10.3. The minimum Gasteiger partial charge on any atom is -0.872 e. The molecule has 49 heavy (non-hydrogen) atoms. The maximum Gasteiger partial charge on any atom is 3.00 e. The molecule has 9 nitrogen and oxygen atoms in total. The molecule has 0 bridgehead atoms. The van der Waals surface area contributed by atoms with E-state index in [0.717, 1.165) is 16.6 Å². The molecule has 9 aromatic rings. The third kappa shape index (κ3) is 7.48. The Morgan fingerprint density at radius 1 is 0.327 bits per heavy atom. The number of hydrogen-bond donors (Lipinski definition) is 0. The minimum atomic E-state index is -0.0749. The summed E-state index contributed by atoms with van der Waals surface area (Å²) >= 11 is 0. The van der Waals surface area contributed by atoms with Crippen LogP contribution in [0.25, 0.3) is 67.7 Å². The summed E-state index contributed by atoms with van der Waals surface area (Å²) in [7, 11) is 0. The fraction of sp³-hybridized carbons (Fsp3) is 0. The van der Waals surface area contributed by atoms with Gasteiger partial charge in [-0.1, -0.05) is 126 Å². The molecule has 0 saturated carbocycles. The Hall–Kier alpha value is -5.52. The smallest absolute Gasteiger partial charge is 0.872 e. The summed E-state index contributed by atoms with van der Waals surface area (Å²) < 4.78 is 16.6. The van der Waals surface area contributed by atoms with Gasteiger partial charge >= 0.3 is 40.8 Å². The van der Waals surface area contributed by atoms with E-state index in [9.17, 15) is 15.3 Å². The van der Waals surface area contributed by atoms with Gasteiger partial charge in [0.05, 0.1) is 0 Å². The third-order valence-electron chi connectivity index (χ3n) is 7.23. The van der Waals surface area contributed by atoms with E-state index in [0.29, 0.717) is 51.1 Å². The zero-order valence-electron chi connectivity index (χ0n) is 25.6. The Morgan fingerprint density at radius 2 is 0.571 bits per heavy atom. The first-order valence-electron chi connectivity index (χ1n) is 14.9. The van der Waals surface area contributed by atoms with Crippen LogP contribution in [0.2, 0.25) is 0 Å².